The largest absolute Gasteiger partial charge is 0.481 e. The standard InChI is InChI=1S/C14H24N2O4/c15-7-10-5-6-12(20-10)13(17)16-8-9-3-1-2-4-11(9)14(18)19/h9-12H,1-8,15H2,(H,16,17)(H,18,19). The Morgan fingerprint density at radius 2 is 1.95 bits per heavy atom. The molecule has 4 unspecified atom stereocenters. The lowest BCUT2D eigenvalue weighted by Crippen LogP contribution is -2.41. The number of carboxylic acid groups (broad SMARTS) is 1. The molecule has 0 aromatic carbocycles. The van der Waals surface area contributed by atoms with Gasteiger partial charge >= 0.3 is 5.97 Å². The van der Waals surface area contributed by atoms with Crippen LogP contribution in [-0.4, -0.2) is 42.3 Å². The fraction of sp³-hybridized carbons (Fsp3) is 0.857. The molecule has 1 amide bonds. The number of amides is 1. The van der Waals surface area contributed by atoms with Gasteiger partial charge in [-0.2, -0.15) is 0 Å². The fourth-order valence-electron chi connectivity index (χ4n) is 3.19. The number of hydrogen-bond donors (Lipinski definition) is 3. The van der Waals surface area contributed by atoms with Crippen molar-refractivity contribution in [2.75, 3.05) is 13.1 Å². The van der Waals surface area contributed by atoms with E-state index in [0.29, 0.717) is 25.9 Å². The molecule has 0 spiro atoms. The molecule has 4 N–H and O–H groups in total. The first-order chi connectivity index (χ1) is 9.61. The van der Waals surface area contributed by atoms with Crippen LogP contribution in [0, 0.1) is 11.8 Å². The molecular formula is C14H24N2O4. The fourth-order valence-corrected chi connectivity index (χ4v) is 3.19. The first-order valence-electron chi connectivity index (χ1n) is 7.48. The minimum Gasteiger partial charge on any atom is -0.481 e. The van der Waals surface area contributed by atoms with E-state index in [1.807, 2.05) is 0 Å². The second-order valence-corrected chi connectivity index (χ2v) is 5.79. The molecule has 1 heterocycles. The molecule has 0 radical (unpaired) electrons. The van der Waals surface area contributed by atoms with E-state index in [9.17, 15) is 14.7 Å². The summed E-state index contributed by atoms with van der Waals surface area (Å²) in [6.45, 7) is 0.871. The molecule has 1 saturated heterocycles. The molecule has 1 aliphatic heterocycles. The van der Waals surface area contributed by atoms with Crippen LogP contribution in [0.3, 0.4) is 0 Å². The topological polar surface area (TPSA) is 102 Å². The van der Waals surface area contributed by atoms with Gasteiger partial charge in [-0.3, -0.25) is 9.59 Å². The second-order valence-electron chi connectivity index (χ2n) is 5.79. The van der Waals surface area contributed by atoms with Crippen molar-refractivity contribution in [2.45, 2.75) is 50.7 Å². The number of ether oxygens (including phenoxy) is 1. The highest BCUT2D eigenvalue weighted by molar-refractivity contribution is 5.81. The van der Waals surface area contributed by atoms with Crippen molar-refractivity contribution >= 4 is 11.9 Å². The number of carbonyl (C=O) groups excluding carboxylic acids is 1. The summed E-state index contributed by atoms with van der Waals surface area (Å²) in [5.41, 5.74) is 5.52. The molecule has 114 valence electrons. The molecule has 0 aromatic rings. The number of nitrogens with two attached hydrogens (primary N) is 1. The molecule has 2 aliphatic rings. The summed E-state index contributed by atoms with van der Waals surface area (Å²) in [5.74, 6) is -1.16. The van der Waals surface area contributed by atoms with E-state index in [2.05, 4.69) is 5.32 Å². The molecule has 4 atom stereocenters. The van der Waals surface area contributed by atoms with Gasteiger partial charge in [-0.1, -0.05) is 12.8 Å². The van der Waals surface area contributed by atoms with Crippen LogP contribution in [0.15, 0.2) is 0 Å². The Balaban J connectivity index is 1.79. The maximum Gasteiger partial charge on any atom is 0.306 e. The summed E-state index contributed by atoms with van der Waals surface area (Å²) in [7, 11) is 0. The molecule has 0 bridgehead atoms. The molecule has 1 saturated carbocycles. The third-order valence-corrected chi connectivity index (χ3v) is 4.43. The molecule has 2 rings (SSSR count). The van der Waals surface area contributed by atoms with Gasteiger partial charge in [0.2, 0.25) is 5.91 Å². The first-order valence-corrected chi connectivity index (χ1v) is 7.48. The van der Waals surface area contributed by atoms with E-state index in [-0.39, 0.29) is 23.8 Å². The monoisotopic (exact) mass is 284 g/mol. The number of aliphatic carboxylic acids is 1. The van der Waals surface area contributed by atoms with E-state index in [0.717, 1.165) is 25.7 Å². The quantitative estimate of drug-likeness (QED) is 0.682. The van der Waals surface area contributed by atoms with Crippen molar-refractivity contribution in [3.05, 3.63) is 0 Å². The average molecular weight is 284 g/mol. The smallest absolute Gasteiger partial charge is 0.306 e. The van der Waals surface area contributed by atoms with Gasteiger partial charge in [0.1, 0.15) is 6.10 Å². The molecule has 20 heavy (non-hydrogen) atoms. The van der Waals surface area contributed by atoms with Crippen molar-refractivity contribution < 1.29 is 19.4 Å². The van der Waals surface area contributed by atoms with E-state index in [1.165, 1.54) is 0 Å². The summed E-state index contributed by atoms with van der Waals surface area (Å²) < 4.78 is 5.53. The van der Waals surface area contributed by atoms with E-state index in [4.69, 9.17) is 10.5 Å². The van der Waals surface area contributed by atoms with Crippen molar-refractivity contribution in [3.8, 4) is 0 Å². The van der Waals surface area contributed by atoms with Crippen LogP contribution in [0.4, 0.5) is 0 Å². The van der Waals surface area contributed by atoms with E-state index in [1.54, 1.807) is 0 Å². The zero-order chi connectivity index (χ0) is 14.5. The average Bonchev–Trinajstić information content (AvgIpc) is 2.94. The van der Waals surface area contributed by atoms with Crippen LogP contribution < -0.4 is 11.1 Å². The Morgan fingerprint density at radius 1 is 1.20 bits per heavy atom. The van der Waals surface area contributed by atoms with E-state index < -0.39 is 12.1 Å². The molecule has 2 fully saturated rings. The summed E-state index contributed by atoms with van der Waals surface area (Å²) in [6, 6.07) is 0. The van der Waals surface area contributed by atoms with Crippen LogP contribution >= 0.6 is 0 Å². The molecule has 0 aromatic heterocycles. The number of rotatable bonds is 5. The van der Waals surface area contributed by atoms with Gasteiger partial charge in [0.15, 0.2) is 0 Å². The van der Waals surface area contributed by atoms with Crippen LogP contribution in [0.1, 0.15) is 38.5 Å². The Bertz CT molecular complexity index is 361. The zero-order valence-electron chi connectivity index (χ0n) is 11.7. The Hall–Kier alpha value is -1.14. The third-order valence-electron chi connectivity index (χ3n) is 4.43. The summed E-state index contributed by atoms with van der Waals surface area (Å²) in [4.78, 5) is 23.2. The maximum atomic E-state index is 12.0. The Kier molecular flexibility index (Phi) is 5.37. The predicted molar refractivity (Wildman–Crippen MR) is 73.0 cm³/mol. The number of carboxylic acids is 1. The SMILES string of the molecule is NCC1CCC(C(=O)NCC2CCCCC2C(=O)O)O1. The van der Waals surface area contributed by atoms with Crippen LogP contribution in [0.5, 0.6) is 0 Å². The highest BCUT2D eigenvalue weighted by Crippen LogP contribution is 2.30. The van der Waals surface area contributed by atoms with Gasteiger partial charge in [0.05, 0.1) is 12.0 Å². The maximum absolute atomic E-state index is 12.0. The van der Waals surface area contributed by atoms with Crippen molar-refractivity contribution in [1.82, 2.24) is 5.32 Å². The van der Waals surface area contributed by atoms with Crippen LogP contribution in [0.2, 0.25) is 0 Å². The van der Waals surface area contributed by atoms with Gasteiger partial charge in [-0.15, -0.1) is 0 Å². The van der Waals surface area contributed by atoms with Crippen molar-refractivity contribution in [1.29, 1.82) is 0 Å². The van der Waals surface area contributed by atoms with Crippen LogP contribution in [-0.2, 0) is 14.3 Å². The van der Waals surface area contributed by atoms with Gasteiger partial charge in [-0.05, 0) is 31.6 Å². The zero-order valence-corrected chi connectivity index (χ0v) is 11.7. The lowest BCUT2D eigenvalue weighted by Gasteiger charge is -2.28. The van der Waals surface area contributed by atoms with Gasteiger partial charge in [0, 0.05) is 13.1 Å². The normalized spacial score (nSPS) is 33.9. The lowest BCUT2D eigenvalue weighted by molar-refractivity contribution is -0.145. The summed E-state index contributed by atoms with van der Waals surface area (Å²) in [6.07, 6.45) is 4.66. The molecule has 6 nitrogen and oxygen atoms in total. The van der Waals surface area contributed by atoms with E-state index >= 15 is 0 Å². The number of hydrogen-bond acceptors (Lipinski definition) is 4. The Labute approximate surface area is 119 Å². The minimum atomic E-state index is -0.746. The van der Waals surface area contributed by atoms with Crippen molar-refractivity contribution in [2.24, 2.45) is 17.6 Å². The molecule has 6 heteroatoms. The Morgan fingerprint density at radius 3 is 2.60 bits per heavy atom. The molecular weight excluding hydrogens is 260 g/mol. The van der Waals surface area contributed by atoms with Gasteiger partial charge in [-0.25, -0.2) is 0 Å². The summed E-state index contributed by atoms with van der Waals surface area (Å²) in [5, 5.41) is 12.1. The highest BCUT2D eigenvalue weighted by atomic mass is 16.5. The number of carbonyl (C=O) groups is 2. The predicted octanol–water partition coefficient (Wildman–Crippen LogP) is 0.500. The third kappa shape index (κ3) is 3.70. The lowest BCUT2D eigenvalue weighted by atomic mass is 9.79. The van der Waals surface area contributed by atoms with Crippen molar-refractivity contribution in [3.63, 3.8) is 0 Å². The van der Waals surface area contributed by atoms with Gasteiger partial charge in [0.25, 0.3) is 0 Å². The first kappa shape index (κ1) is 15.3. The van der Waals surface area contributed by atoms with Gasteiger partial charge < -0.3 is 20.9 Å². The second kappa shape index (κ2) is 7.04. The number of nitrogens with one attached hydrogen (secondary N) is 1. The minimum absolute atomic E-state index is 0.0211. The highest BCUT2D eigenvalue weighted by Gasteiger charge is 2.33. The van der Waals surface area contributed by atoms with Crippen LogP contribution in [0.25, 0.3) is 0 Å². The molecule has 1 aliphatic carbocycles. The summed E-state index contributed by atoms with van der Waals surface area (Å²) >= 11 is 0.